The van der Waals surface area contributed by atoms with Gasteiger partial charge in [-0.15, -0.1) is 0 Å². The second-order valence-electron chi connectivity index (χ2n) is 6.73. The van der Waals surface area contributed by atoms with Gasteiger partial charge in [-0.1, -0.05) is 29.8 Å². The van der Waals surface area contributed by atoms with Gasteiger partial charge in [0.15, 0.2) is 0 Å². The number of rotatable bonds is 2. The van der Waals surface area contributed by atoms with Gasteiger partial charge in [0.25, 0.3) is 0 Å². The first kappa shape index (κ1) is 15.5. The molecule has 0 amide bonds. The molecule has 2 aromatic carbocycles. The van der Waals surface area contributed by atoms with E-state index in [-0.39, 0.29) is 18.0 Å². The van der Waals surface area contributed by atoms with Crippen molar-refractivity contribution in [2.75, 3.05) is 0 Å². The van der Waals surface area contributed by atoms with E-state index in [4.69, 9.17) is 9.84 Å². The molecule has 0 radical (unpaired) electrons. The summed E-state index contributed by atoms with van der Waals surface area (Å²) in [7, 11) is 0. The van der Waals surface area contributed by atoms with Crippen LogP contribution in [-0.4, -0.2) is 15.8 Å². The highest BCUT2D eigenvalue weighted by Gasteiger charge is 2.41. The monoisotopic (exact) mass is 362 g/mol. The molecule has 0 saturated heterocycles. The topological polar surface area (TPSA) is 45.1 Å². The minimum absolute atomic E-state index is 0.111. The van der Waals surface area contributed by atoms with Crippen molar-refractivity contribution in [1.29, 1.82) is 0 Å². The zero-order valence-electron chi connectivity index (χ0n) is 14.3. The molecule has 5 rings (SSSR count). The van der Waals surface area contributed by atoms with Crippen LogP contribution in [0.4, 0.5) is 0 Å². The lowest BCUT2D eigenvalue weighted by Crippen LogP contribution is -2.33. The van der Waals surface area contributed by atoms with Gasteiger partial charge in [-0.05, 0) is 41.9 Å². The Kier molecular flexibility index (Phi) is 3.50. The lowest BCUT2D eigenvalue weighted by molar-refractivity contribution is -0.0187. The molecule has 0 aliphatic carbocycles. The summed E-state index contributed by atoms with van der Waals surface area (Å²) in [6.07, 6.45) is 0.503. The Balaban J connectivity index is 1.62. The highest BCUT2D eigenvalue weighted by atomic mass is 32.1. The van der Waals surface area contributed by atoms with E-state index in [1.165, 1.54) is 0 Å². The summed E-state index contributed by atoms with van der Waals surface area (Å²) < 4.78 is 6.29. The maximum atomic E-state index is 10.3. The number of benzene rings is 2. The van der Waals surface area contributed by atoms with Crippen LogP contribution < -0.4 is 4.74 Å². The molecule has 0 spiro atoms. The molecule has 1 N–H and O–H groups in total. The first-order valence-electron chi connectivity index (χ1n) is 8.64. The van der Waals surface area contributed by atoms with Crippen molar-refractivity contribution < 1.29 is 9.84 Å². The summed E-state index contributed by atoms with van der Waals surface area (Å²) in [6, 6.07) is 16.0. The second kappa shape index (κ2) is 5.88. The lowest BCUT2D eigenvalue weighted by atomic mass is 9.95. The number of hydrazone groups is 1. The largest absolute Gasteiger partial charge is 0.507 e. The molecule has 0 saturated carbocycles. The normalized spacial score (nSPS) is 21.0. The lowest BCUT2D eigenvalue weighted by Gasteiger charge is -2.37. The van der Waals surface area contributed by atoms with Crippen LogP contribution in [0.1, 0.15) is 40.9 Å². The Bertz CT molecular complexity index is 997. The average Bonchev–Trinajstić information content (AvgIpc) is 3.33. The van der Waals surface area contributed by atoms with Gasteiger partial charge < -0.3 is 9.84 Å². The van der Waals surface area contributed by atoms with Gasteiger partial charge in [0.2, 0.25) is 6.23 Å². The number of ether oxygens (including phenoxy) is 1. The van der Waals surface area contributed by atoms with Crippen molar-refractivity contribution in [1.82, 2.24) is 5.01 Å². The zero-order valence-corrected chi connectivity index (χ0v) is 15.1. The standard InChI is InChI=1S/C21H18N2O2S/c1-13-6-7-19(24)16(10-13)17-11-18-15-4-2-3-5-20(15)25-21(23(18)22-17)14-8-9-26-12-14/h2-10,12,18,21,24H,11H2,1H3/t18-,21-/m1/s1. The molecule has 1 aromatic heterocycles. The predicted molar refractivity (Wildman–Crippen MR) is 103 cm³/mol. The van der Waals surface area contributed by atoms with Gasteiger partial charge >= 0.3 is 0 Å². The number of aromatic hydroxyl groups is 1. The quantitative estimate of drug-likeness (QED) is 0.697. The van der Waals surface area contributed by atoms with Gasteiger partial charge in [0.05, 0.1) is 11.8 Å². The van der Waals surface area contributed by atoms with Crippen LogP contribution in [-0.2, 0) is 0 Å². The van der Waals surface area contributed by atoms with Crippen LogP contribution in [0.2, 0.25) is 0 Å². The molecular formula is C21H18N2O2S. The van der Waals surface area contributed by atoms with Crippen molar-refractivity contribution in [3.05, 3.63) is 81.5 Å². The van der Waals surface area contributed by atoms with Gasteiger partial charge in [0, 0.05) is 23.1 Å². The van der Waals surface area contributed by atoms with E-state index >= 15 is 0 Å². The molecule has 0 fully saturated rings. The molecule has 2 aliphatic rings. The number of para-hydroxylation sites is 1. The van der Waals surface area contributed by atoms with Crippen LogP contribution in [0.25, 0.3) is 0 Å². The molecular weight excluding hydrogens is 344 g/mol. The van der Waals surface area contributed by atoms with E-state index in [9.17, 15) is 5.11 Å². The minimum Gasteiger partial charge on any atom is -0.507 e. The summed E-state index contributed by atoms with van der Waals surface area (Å²) in [5.41, 5.74) is 5.06. The highest BCUT2D eigenvalue weighted by molar-refractivity contribution is 7.07. The smallest absolute Gasteiger partial charge is 0.214 e. The summed E-state index contributed by atoms with van der Waals surface area (Å²) in [5.74, 6) is 1.19. The number of nitrogens with zero attached hydrogens (tertiary/aromatic N) is 2. The second-order valence-corrected chi connectivity index (χ2v) is 7.51. The molecule has 3 aromatic rings. The number of hydrogen-bond donors (Lipinski definition) is 1. The molecule has 5 heteroatoms. The van der Waals surface area contributed by atoms with Crippen molar-refractivity contribution in [2.45, 2.75) is 25.6 Å². The van der Waals surface area contributed by atoms with E-state index in [1.54, 1.807) is 17.4 Å². The minimum atomic E-state index is -0.245. The van der Waals surface area contributed by atoms with Gasteiger partial charge in [-0.3, -0.25) is 0 Å². The van der Waals surface area contributed by atoms with Gasteiger partial charge in [-0.2, -0.15) is 16.4 Å². The third-order valence-electron chi connectivity index (χ3n) is 4.99. The summed E-state index contributed by atoms with van der Waals surface area (Å²) in [6.45, 7) is 2.03. The van der Waals surface area contributed by atoms with Crippen molar-refractivity contribution >= 4 is 17.0 Å². The first-order chi connectivity index (χ1) is 12.7. The Hall–Kier alpha value is -2.79. The fourth-order valence-electron chi connectivity index (χ4n) is 3.71. The van der Waals surface area contributed by atoms with E-state index in [0.717, 1.165) is 40.1 Å². The van der Waals surface area contributed by atoms with Crippen LogP contribution in [0.3, 0.4) is 0 Å². The maximum absolute atomic E-state index is 10.3. The zero-order chi connectivity index (χ0) is 17.7. The molecule has 26 heavy (non-hydrogen) atoms. The highest BCUT2D eigenvalue weighted by Crippen LogP contribution is 2.48. The SMILES string of the molecule is Cc1ccc(O)c(C2=NN3[C@H](C2)c2ccccc2O[C@@H]3c2ccsc2)c1. The summed E-state index contributed by atoms with van der Waals surface area (Å²) in [4.78, 5) is 0. The molecule has 130 valence electrons. The molecule has 0 bridgehead atoms. The predicted octanol–water partition coefficient (Wildman–Crippen LogP) is 5.00. The maximum Gasteiger partial charge on any atom is 0.214 e. The number of phenolic OH excluding ortho intramolecular Hbond substituents is 1. The van der Waals surface area contributed by atoms with Gasteiger partial charge in [0.1, 0.15) is 11.5 Å². The third kappa shape index (κ3) is 2.39. The number of fused-ring (bicyclic) bond motifs is 3. The number of aryl methyl sites for hydroxylation is 1. The number of hydrogen-bond acceptors (Lipinski definition) is 5. The van der Waals surface area contributed by atoms with E-state index in [2.05, 4.69) is 22.9 Å². The van der Waals surface area contributed by atoms with Crippen LogP contribution in [0, 0.1) is 6.92 Å². The van der Waals surface area contributed by atoms with Gasteiger partial charge in [-0.25, -0.2) is 5.01 Å². The molecule has 4 nitrogen and oxygen atoms in total. The van der Waals surface area contributed by atoms with Crippen molar-refractivity contribution in [2.24, 2.45) is 5.10 Å². The van der Waals surface area contributed by atoms with Crippen LogP contribution >= 0.6 is 11.3 Å². The summed E-state index contributed by atoms with van der Waals surface area (Å²) in [5, 5.41) is 21.4. The summed E-state index contributed by atoms with van der Waals surface area (Å²) >= 11 is 1.66. The van der Waals surface area contributed by atoms with Crippen LogP contribution in [0.15, 0.2) is 64.4 Å². The fraction of sp³-hybridized carbons (Fsp3) is 0.190. The third-order valence-corrected chi connectivity index (χ3v) is 5.69. The van der Waals surface area contributed by atoms with Crippen molar-refractivity contribution in [3.63, 3.8) is 0 Å². The Morgan fingerprint density at radius 3 is 2.92 bits per heavy atom. The molecule has 2 atom stereocenters. The Morgan fingerprint density at radius 1 is 1.19 bits per heavy atom. The molecule has 0 unspecified atom stereocenters. The number of thiophene rings is 1. The molecule has 2 aliphatic heterocycles. The van der Waals surface area contributed by atoms with E-state index < -0.39 is 0 Å². The fourth-order valence-corrected chi connectivity index (χ4v) is 4.38. The van der Waals surface area contributed by atoms with E-state index in [0.29, 0.717) is 0 Å². The number of phenols is 1. The average molecular weight is 362 g/mol. The first-order valence-corrected chi connectivity index (χ1v) is 9.58. The van der Waals surface area contributed by atoms with E-state index in [1.807, 2.05) is 42.3 Å². The Morgan fingerprint density at radius 2 is 2.08 bits per heavy atom. The van der Waals surface area contributed by atoms with Crippen molar-refractivity contribution in [3.8, 4) is 11.5 Å². The molecule has 3 heterocycles. The van der Waals surface area contributed by atoms with Crippen LogP contribution in [0.5, 0.6) is 11.5 Å². The Labute approximate surface area is 156 Å².